The van der Waals surface area contributed by atoms with Crippen molar-refractivity contribution < 1.29 is 14.2 Å². The van der Waals surface area contributed by atoms with Gasteiger partial charge in [-0.25, -0.2) is 0 Å². The maximum absolute atomic E-state index is 5.14. The highest BCUT2D eigenvalue weighted by Crippen LogP contribution is 2.03. The molecule has 0 aliphatic heterocycles. The van der Waals surface area contributed by atoms with Gasteiger partial charge in [-0.15, -0.1) is 0 Å². The van der Waals surface area contributed by atoms with E-state index in [-0.39, 0.29) is 89.1 Å². The Kier molecular flexibility index (Phi) is 301. The van der Waals surface area contributed by atoms with Gasteiger partial charge < -0.3 is 14.2 Å². The Morgan fingerprint density at radius 3 is 0.727 bits per heavy atom. The van der Waals surface area contributed by atoms with Gasteiger partial charge in [0.25, 0.3) is 0 Å². The second kappa shape index (κ2) is 95.1. The summed E-state index contributed by atoms with van der Waals surface area (Å²) >= 11 is 0. The highest BCUT2D eigenvalue weighted by atomic mass is 16.5. The van der Waals surface area contributed by atoms with Crippen molar-refractivity contribution in [2.75, 3.05) is 21.3 Å². The highest BCUT2D eigenvalue weighted by Gasteiger charge is 1.99. The lowest BCUT2D eigenvalue weighted by Crippen LogP contribution is -2.07. The minimum atomic E-state index is 0. The minimum Gasteiger partial charge on any atom is -0.382 e. The maximum atomic E-state index is 5.14. The molecule has 3 nitrogen and oxygen atoms in total. The molecule has 0 bridgehead atoms. The van der Waals surface area contributed by atoms with Crippen LogP contribution in [0.4, 0.5) is 0 Å². The van der Waals surface area contributed by atoms with E-state index in [1.54, 1.807) is 21.3 Å². The standard InChI is InChI=1S/C7H16O.C6H14O.C5H12O.12CH4/c1-4-6-7(5-2)8-3;1-4-6(5-2)7-3;1-4-5(2)6-3;;;;;;;;;;;;/h7H,4-6H2,1-3H3;6H,4-5H2,1-3H3;5H,4H2,1-3H3;12*1H4. The summed E-state index contributed by atoms with van der Waals surface area (Å²) in [7, 11) is 5.27. The molecule has 0 radical (unpaired) electrons. The van der Waals surface area contributed by atoms with Crippen LogP contribution in [-0.2, 0) is 14.2 Å². The molecule has 0 saturated heterocycles. The van der Waals surface area contributed by atoms with Crippen molar-refractivity contribution in [3.8, 4) is 0 Å². The fraction of sp³-hybridized carbons (Fsp3) is 1.00. The van der Waals surface area contributed by atoms with Crippen molar-refractivity contribution >= 4 is 0 Å². The summed E-state index contributed by atoms with van der Waals surface area (Å²) in [6, 6.07) is 0. The number of hydrogen-bond acceptors (Lipinski definition) is 3. The van der Waals surface area contributed by atoms with Gasteiger partial charge in [-0.3, -0.25) is 0 Å². The number of rotatable bonds is 9. The molecule has 2 atom stereocenters. The van der Waals surface area contributed by atoms with Crippen LogP contribution < -0.4 is 0 Å². The third-order valence-electron chi connectivity index (χ3n) is 3.62. The third kappa shape index (κ3) is 99.9. The van der Waals surface area contributed by atoms with Gasteiger partial charge >= 0.3 is 0 Å². The first-order chi connectivity index (χ1) is 10.0. The first-order valence-electron chi connectivity index (χ1n) is 8.59. The summed E-state index contributed by atoms with van der Waals surface area (Å²) in [5.74, 6) is 0. The minimum absolute atomic E-state index is 0. The fourth-order valence-corrected chi connectivity index (χ4v) is 1.60. The van der Waals surface area contributed by atoms with Gasteiger partial charge in [0, 0.05) is 21.3 Å². The quantitative estimate of drug-likeness (QED) is 0.316. The molecule has 3 heteroatoms. The Hall–Kier alpha value is -0.120. The van der Waals surface area contributed by atoms with Crippen molar-refractivity contribution in [2.45, 2.75) is 187 Å². The highest BCUT2D eigenvalue weighted by molar-refractivity contribution is 4.51. The average Bonchev–Trinajstić information content (AvgIpc) is 2.54. The molecular weight excluding hydrogens is 408 g/mol. The normalized spacial score (nSPS) is 8.18. The van der Waals surface area contributed by atoms with Gasteiger partial charge in [-0.2, -0.15) is 0 Å². The van der Waals surface area contributed by atoms with Crippen molar-refractivity contribution in [1.82, 2.24) is 0 Å². The third-order valence-corrected chi connectivity index (χ3v) is 3.62. The summed E-state index contributed by atoms with van der Waals surface area (Å²) in [6.45, 7) is 12.8. The van der Waals surface area contributed by atoms with Crippen molar-refractivity contribution in [1.29, 1.82) is 0 Å². The van der Waals surface area contributed by atoms with E-state index in [1.807, 2.05) is 0 Å². The molecule has 0 rings (SSSR count). The van der Waals surface area contributed by atoms with E-state index < -0.39 is 0 Å². The first kappa shape index (κ1) is 105. The van der Waals surface area contributed by atoms with Crippen molar-refractivity contribution in [2.24, 2.45) is 0 Å². The van der Waals surface area contributed by atoms with Crippen molar-refractivity contribution in [3.05, 3.63) is 0 Å². The Balaban J connectivity index is -0.00000000964. The Labute approximate surface area is 223 Å². The second-order valence-electron chi connectivity index (χ2n) is 5.18. The fourth-order valence-electron chi connectivity index (χ4n) is 1.60. The van der Waals surface area contributed by atoms with Crippen LogP contribution in [0.5, 0.6) is 0 Å². The van der Waals surface area contributed by atoms with Crippen LogP contribution in [0.2, 0.25) is 0 Å². The Morgan fingerprint density at radius 1 is 0.424 bits per heavy atom. The molecule has 0 heterocycles. The van der Waals surface area contributed by atoms with Gasteiger partial charge in [0.15, 0.2) is 0 Å². The summed E-state index contributed by atoms with van der Waals surface area (Å²) in [5, 5.41) is 0. The molecule has 2 unspecified atom stereocenters. The zero-order valence-corrected chi connectivity index (χ0v) is 16.2. The number of hydrogen-bond donors (Lipinski definition) is 0. The van der Waals surface area contributed by atoms with Crippen LogP contribution in [0.25, 0.3) is 0 Å². The van der Waals surface area contributed by atoms with E-state index in [0.29, 0.717) is 18.3 Å². The molecule has 0 aromatic carbocycles. The molecular formula is C30H90O3. The molecule has 228 valence electrons. The largest absolute Gasteiger partial charge is 0.382 e. The van der Waals surface area contributed by atoms with Crippen LogP contribution in [0, 0.1) is 0 Å². The predicted octanol–water partition coefficient (Wildman–Crippen LogP) is 13.1. The van der Waals surface area contributed by atoms with Gasteiger partial charge in [0.05, 0.1) is 18.3 Å². The van der Waals surface area contributed by atoms with E-state index in [4.69, 9.17) is 14.2 Å². The molecule has 0 amide bonds. The van der Waals surface area contributed by atoms with E-state index in [9.17, 15) is 0 Å². The summed E-state index contributed by atoms with van der Waals surface area (Å²) in [5.41, 5.74) is 0. The van der Waals surface area contributed by atoms with Crippen LogP contribution >= 0.6 is 0 Å². The van der Waals surface area contributed by atoms with Crippen LogP contribution in [0.3, 0.4) is 0 Å². The van der Waals surface area contributed by atoms with E-state index in [2.05, 4.69) is 41.5 Å². The zero-order chi connectivity index (χ0) is 17.1. The lowest BCUT2D eigenvalue weighted by atomic mass is 10.2. The van der Waals surface area contributed by atoms with Crippen molar-refractivity contribution in [3.63, 3.8) is 0 Å². The molecule has 0 aromatic heterocycles. The zero-order valence-electron chi connectivity index (χ0n) is 16.2. The summed E-state index contributed by atoms with van der Waals surface area (Å²) in [4.78, 5) is 0. The molecule has 0 N–H and O–H groups in total. The van der Waals surface area contributed by atoms with Crippen LogP contribution in [0.15, 0.2) is 0 Å². The van der Waals surface area contributed by atoms with Crippen LogP contribution in [0.1, 0.15) is 169 Å². The molecule has 0 aromatic rings. The van der Waals surface area contributed by atoms with E-state index >= 15 is 0 Å². The Bertz CT molecular complexity index is 147. The first-order valence-corrected chi connectivity index (χ1v) is 8.59. The molecule has 33 heavy (non-hydrogen) atoms. The van der Waals surface area contributed by atoms with Gasteiger partial charge in [-0.1, -0.05) is 130 Å². The lowest BCUT2D eigenvalue weighted by Gasteiger charge is -2.09. The maximum Gasteiger partial charge on any atom is 0.0568 e. The topological polar surface area (TPSA) is 27.7 Å². The SMILES string of the molecule is C.C.C.C.C.C.C.C.C.C.C.C.CCC(C)OC.CCC(CC)OC.CCCC(CC)OC. The number of ether oxygens (including phenoxy) is 3. The molecule has 0 saturated carbocycles. The summed E-state index contributed by atoms with van der Waals surface area (Å²) < 4.78 is 15.1. The smallest absolute Gasteiger partial charge is 0.0568 e. The van der Waals surface area contributed by atoms with Gasteiger partial charge in [0.2, 0.25) is 0 Å². The predicted molar refractivity (Wildman–Crippen MR) is 175 cm³/mol. The van der Waals surface area contributed by atoms with E-state index in [0.717, 1.165) is 25.7 Å². The lowest BCUT2D eigenvalue weighted by molar-refractivity contribution is 0.0915. The van der Waals surface area contributed by atoms with Crippen LogP contribution in [-0.4, -0.2) is 39.6 Å². The summed E-state index contributed by atoms with van der Waals surface area (Å²) in [6.07, 6.45) is 8.37. The Morgan fingerprint density at radius 2 is 0.697 bits per heavy atom. The van der Waals surface area contributed by atoms with Gasteiger partial charge in [-0.05, 0) is 39.0 Å². The molecule has 0 spiro atoms. The molecule has 0 aliphatic rings. The van der Waals surface area contributed by atoms with E-state index in [1.165, 1.54) is 12.8 Å². The molecule has 0 fully saturated rings. The monoisotopic (exact) mass is 499 g/mol. The number of methoxy groups -OCH3 is 3. The molecule has 0 aliphatic carbocycles. The second-order valence-corrected chi connectivity index (χ2v) is 5.18. The van der Waals surface area contributed by atoms with Gasteiger partial charge in [0.1, 0.15) is 0 Å². The average molecular weight is 499 g/mol.